The van der Waals surface area contributed by atoms with Crippen LogP contribution in [0.5, 0.6) is 0 Å². The number of carbonyl (C=O) groups is 5. The smallest absolute Gasteiger partial charge is 0.315 e. The van der Waals surface area contributed by atoms with E-state index in [9.17, 15) is 24.0 Å². The SMILES string of the molecule is CCCC(NC(=O)[C@@H]1C2C(CN1C(=O)[C@@H](NC(=O)NC1CC1)C(C)(C)C)C2(C)C)C(=O)C(N)=O. The molecule has 0 bridgehead atoms. The van der Waals surface area contributed by atoms with Crippen LogP contribution in [0.4, 0.5) is 4.79 Å². The topological polar surface area (TPSA) is 151 Å². The molecule has 0 aromatic heterocycles. The Kier molecular flexibility index (Phi) is 7.01. The highest BCUT2D eigenvalue weighted by molar-refractivity contribution is 6.37. The Labute approximate surface area is 201 Å². The van der Waals surface area contributed by atoms with E-state index in [0.717, 1.165) is 12.8 Å². The van der Waals surface area contributed by atoms with Crippen LogP contribution in [-0.2, 0) is 19.2 Å². The second kappa shape index (κ2) is 9.19. The molecule has 10 heteroatoms. The molecule has 5 atom stereocenters. The van der Waals surface area contributed by atoms with Crippen molar-refractivity contribution in [1.29, 1.82) is 0 Å². The Hall–Kier alpha value is -2.65. The van der Waals surface area contributed by atoms with E-state index >= 15 is 0 Å². The van der Waals surface area contributed by atoms with Crippen molar-refractivity contribution in [2.75, 3.05) is 6.54 Å². The Morgan fingerprint density at radius 3 is 2.21 bits per heavy atom. The second-order valence-corrected chi connectivity index (χ2v) is 11.7. The Bertz CT molecular complexity index is 875. The van der Waals surface area contributed by atoms with Gasteiger partial charge < -0.3 is 26.6 Å². The van der Waals surface area contributed by atoms with Crippen LogP contribution in [0.2, 0.25) is 0 Å². The number of primary amides is 1. The van der Waals surface area contributed by atoms with E-state index in [4.69, 9.17) is 5.73 Å². The lowest BCUT2D eigenvalue weighted by Gasteiger charge is -2.37. The molecule has 1 heterocycles. The van der Waals surface area contributed by atoms with Crippen LogP contribution in [0, 0.1) is 22.7 Å². The fourth-order valence-electron chi connectivity index (χ4n) is 5.20. The van der Waals surface area contributed by atoms with E-state index in [-0.39, 0.29) is 35.6 Å². The van der Waals surface area contributed by atoms with Gasteiger partial charge in [0.1, 0.15) is 12.1 Å². The number of piperidine rings is 1. The largest absolute Gasteiger partial charge is 0.363 e. The number of hydrogen-bond donors (Lipinski definition) is 4. The Balaban J connectivity index is 1.81. The third-order valence-corrected chi connectivity index (χ3v) is 7.51. The van der Waals surface area contributed by atoms with E-state index in [1.165, 1.54) is 0 Å². The molecule has 5 N–H and O–H groups in total. The van der Waals surface area contributed by atoms with Gasteiger partial charge in [-0.05, 0) is 41.9 Å². The van der Waals surface area contributed by atoms with Crippen molar-refractivity contribution >= 4 is 29.5 Å². The van der Waals surface area contributed by atoms with Gasteiger partial charge in [-0.3, -0.25) is 19.2 Å². The number of nitrogens with zero attached hydrogens (tertiary/aromatic N) is 1. The summed E-state index contributed by atoms with van der Waals surface area (Å²) in [4.78, 5) is 64.9. The molecule has 1 saturated heterocycles. The van der Waals surface area contributed by atoms with E-state index < -0.39 is 47.2 Å². The summed E-state index contributed by atoms with van der Waals surface area (Å²) in [6.45, 7) is 12.0. The van der Waals surface area contributed by atoms with Crippen LogP contribution in [0.25, 0.3) is 0 Å². The Morgan fingerprint density at radius 2 is 1.71 bits per heavy atom. The summed E-state index contributed by atoms with van der Waals surface area (Å²) in [6, 6.07) is -2.88. The van der Waals surface area contributed by atoms with E-state index in [1.54, 1.807) is 4.90 Å². The van der Waals surface area contributed by atoms with Gasteiger partial charge >= 0.3 is 6.03 Å². The van der Waals surface area contributed by atoms with Crippen LogP contribution in [-0.4, -0.2) is 65.1 Å². The van der Waals surface area contributed by atoms with Crippen LogP contribution < -0.4 is 21.7 Å². The summed E-state index contributed by atoms with van der Waals surface area (Å²) in [7, 11) is 0. The average Bonchev–Trinajstić information content (AvgIpc) is 3.56. The lowest BCUT2D eigenvalue weighted by Crippen LogP contribution is -2.61. The van der Waals surface area contributed by atoms with Crippen molar-refractivity contribution in [3.63, 3.8) is 0 Å². The third-order valence-electron chi connectivity index (χ3n) is 7.51. The molecule has 2 saturated carbocycles. The number of hydrogen-bond acceptors (Lipinski definition) is 5. The van der Waals surface area contributed by atoms with Crippen LogP contribution >= 0.6 is 0 Å². The summed E-state index contributed by atoms with van der Waals surface area (Å²) < 4.78 is 0. The van der Waals surface area contributed by atoms with E-state index in [2.05, 4.69) is 29.8 Å². The van der Waals surface area contributed by atoms with Gasteiger partial charge in [-0.15, -0.1) is 0 Å². The highest BCUT2D eigenvalue weighted by atomic mass is 16.2. The van der Waals surface area contributed by atoms with Gasteiger partial charge in [-0.1, -0.05) is 48.0 Å². The maximum Gasteiger partial charge on any atom is 0.315 e. The second-order valence-electron chi connectivity index (χ2n) is 11.7. The predicted molar refractivity (Wildman–Crippen MR) is 125 cm³/mol. The lowest BCUT2D eigenvalue weighted by molar-refractivity contribution is -0.145. The summed E-state index contributed by atoms with van der Waals surface area (Å²) >= 11 is 0. The number of amides is 5. The first-order valence-electron chi connectivity index (χ1n) is 12.2. The highest BCUT2D eigenvalue weighted by Gasteiger charge is 2.69. The van der Waals surface area contributed by atoms with Gasteiger partial charge in [0.2, 0.25) is 17.6 Å². The van der Waals surface area contributed by atoms with Crippen LogP contribution in [0.15, 0.2) is 0 Å². The monoisotopic (exact) mass is 477 g/mol. The number of nitrogens with one attached hydrogen (secondary N) is 3. The minimum atomic E-state index is -1.10. The van der Waals surface area contributed by atoms with Gasteiger partial charge in [-0.2, -0.15) is 0 Å². The number of ketones is 1. The number of likely N-dealkylation sites (tertiary alicyclic amines) is 1. The fraction of sp³-hybridized carbons (Fsp3) is 0.792. The van der Waals surface area contributed by atoms with Crippen molar-refractivity contribution in [3.05, 3.63) is 0 Å². The van der Waals surface area contributed by atoms with Crippen molar-refractivity contribution in [2.24, 2.45) is 28.4 Å². The van der Waals surface area contributed by atoms with Crippen molar-refractivity contribution in [3.8, 4) is 0 Å². The predicted octanol–water partition coefficient (Wildman–Crippen LogP) is 0.685. The number of fused-ring (bicyclic) bond motifs is 1. The molecule has 0 aromatic carbocycles. The summed E-state index contributed by atoms with van der Waals surface area (Å²) in [6.07, 6.45) is 2.70. The molecule has 0 aromatic rings. The normalized spacial score (nSPS) is 26.6. The standard InChI is InChI=1S/C24H39N5O5/c1-7-8-14(17(30)19(25)31)27-20(32)16-15-13(24(15,5)6)11-29(16)21(33)18(23(2,3)4)28-22(34)26-12-9-10-12/h12-16,18H,7-11H2,1-6H3,(H2,25,31)(H,27,32)(H2,26,28,34)/t13?,14?,15?,16-,18+/m0/s1. The average molecular weight is 478 g/mol. The molecule has 3 unspecified atom stereocenters. The number of carbonyl (C=O) groups excluding carboxylic acids is 5. The maximum absolute atomic E-state index is 13.7. The molecule has 2 aliphatic carbocycles. The molecule has 0 radical (unpaired) electrons. The molecule has 10 nitrogen and oxygen atoms in total. The van der Waals surface area contributed by atoms with Crippen LogP contribution in [0.3, 0.4) is 0 Å². The number of Topliss-reactive ketones (excluding diaryl/α,β-unsaturated/α-hetero) is 1. The first-order valence-corrected chi connectivity index (χ1v) is 12.2. The summed E-state index contributed by atoms with van der Waals surface area (Å²) in [5, 5.41) is 8.36. The van der Waals surface area contributed by atoms with Gasteiger partial charge in [0, 0.05) is 12.6 Å². The maximum atomic E-state index is 13.7. The minimum absolute atomic E-state index is 0.0664. The molecule has 0 spiro atoms. The summed E-state index contributed by atoms with van der Waals surface area (Å²) in [5.74, 6) is -2.65. The molecule has 1 aliphatic heterocycles. The molecule has 3 rings (SSSR count). The first-order chi connectivity index (χ1) is 15.7. The zero-order valence-electron chi connectivity index (χ0n) is 21.1. The molecular weight excluding hydrogens is 438 g/mol. The van der Waals surface area contributed by atoms with E-state index in [1.807, 2.05) is 27.7 Å². The Morgan fingerprint density at radius 1 is 1.09 bits per heavy atom. The van der Waals surface area contributed by atoms with Crippen LogP contribution in [0.1, 0.15) is 67.2 Å². The van der Waals surface area contributed by atoms with Crippen molar-refractivity contribution < 1.29 is 24.0 Å². The molecule has 190 valence electrons. The summed E-state index contributed by atoms with van der Waals surface area (Å²) in [5.41, 5.74) is 4.46. The number of nitrogens with two attached hydrogens (primary N) is 1. The van der Waals surface area contributed by atoms with Crippen molar-refractivity contribution in [2.45, 2.75) is 91.4 Å². The number of urea groups is 1. The quantitative estimate of drug-likeness (QED) is 0.360. The third kappa shape index (κ3) is 5.20. The van der Waals surface area contributed by atoms with Crippen molar-refractivity contribution in [1.82, 2.24) is 20.9 Å². The zero-order chi connectivity index (χ0) is 25.6. The fourth-order valence-corrected chi connectivity index (χ4v) is 5.20. The molecule has 3 fully saturated rings. The lowest BCUT2D eigenvalue weighted by atomic mass is 9.85. The molecular formula is C24H39N5O5. The van der Waals surface area contributed by atoms with Gasteiger partial charge in [-0.25, -0.2) is 4.79 Å². The van der Waals surface area contributed by atoms with Gasteiger partial charge in [0.05, 0.1) is 6.04 Å². The van der Waals surface area contributed by atoms with Gasteiger partial charge in [0.25, 0.3) is 5.91 Å². The minimum Gasteiger partial charge on any atom is -0.363 e. The first kappa shape index (κ1) is 26.0. The molecule has 3 aliphatic rings. The highest BCUT2D eigenvalue weighted by Crippen LogP contribution is 2.65. The molecule has 5 amide bonds. The number of rotatable bonds is 9. The molecule has 34 heavy (non-hydrogen) atoms. The van der Waals surface area contributed by atoms with E-state index in [0.29, 0.717) is 13.0 Å². The zero-order valence-corrected chi connectivity index (χ0v) is 21.1. The van der Waals surface area contributed by atoms with Gasteiger partial charge in [0.15, 0.2) is 0 Å².